The molecular weight excluding hydrogens is 360 g/mol. The van der Waals surface area contributed by atoms with E-state index in [0.29, 0.717) is 24.2 Å². The molecule has 3 N–H and O–H groups in total. The first-order chi connectivity index (χ1) is 13.2. The highest BCUT2D eigenvalue weighted by atomic mass is 16.2. The molecule has 4 bridgehead atoms. The highest BCUT2D eigenvalue weighted by molar-refractivity contribution is 6.07. The van der Waals surface area contributed by atoms with Crippen LogP contribution in [0.1, 0.15) is 65.2 Å². The molecule has 1 unspecified atom stereocenters. The van der Waals surface area contributed by atoms with E-state index in [4.69, 9.17) is 0 Å². The number of amides is 6. The minimum absolute atomic E-state index is 0.0310. The van der Waals surface area contributed by atoms with Gasteiger partial charge < -0.3 is 10.6 Å². The number of nitrogens with one attached hydrogen (secondary N) is 3. The molecule has 5 fully saturated rings. The van der Waals surface area contributed by atoms with E-state index in [1.165, 1.54) is 19.3 Å². The number of carbonyl (C=O) groups excluding carboxylic acids is 4. The van der Waals surface area contributed by atoms with Crippen molar-refractivity contribution in [2.24, 2.45) is 17.8 Å². The maximum absolute atomic E-state index is 12.4. The lowest BCUT2D eigenvalue weighted by molar-refractivity contribution is -0.131. The number of carbonyl (C=O) groups is 4. The van der Waals surface area contributed by atoms with Gasteiger partial charge >= 0.3 is 12.1 Å². The highest BCUT2D eigenvalue weighted by Crippen LogP contribution is 2.55. The molecule has 8 nitrogen and oxygen atoms in total. The molecule has 0 aromatic carbocycles. The zero-order chi connectivity index (χ0) is 20.1. The van der Waals surface area contributed by atoms with Gasteiger partial charge in [0.15, 0.2) is 0 Å². The van der Waals surface area contributed by atoms with Crippen molar-refractivity contribution >= 4 is 23.9 Å². The van der Waals surface area contributed by atoms with Crippen LogP contribution < -0.4 is 16.0 Å². The minimum atomic E-state index is -0.913. The third-order valence-corrected chi connectivity index (χ3v) is 7.28. The number of rotatable bonds is 5. The van der Waals surface area contributed by atoms with Crippen LogP contribution in [0, 0.1) is 17.8 Å². The fourth-order valence-electron chi connectivity index (χ4n) is 6.13. The molecule has 154 valence electrons. The topological polar surface area (TPSA) is 108 Å². The quantitative estimate of drug-likeness (QED) is 0.623. The summed E-state index contributed by atoms with van der Waals surface area (Å²) in [5.41, 5.74) is -1.07. The lowest BCUT2D eigenvalue weighted by Gasteiger charge is -2.56. The van der Waals surface area contributed by atoms with Crippen molar-refractivity contribution < 1.29 is 19.2 Å². The molecule has 5 rings (SSSR count). The molecule has 0 aromatic rings. The predicted molar refractivity (Wildman–Crippen MR) is 101 cm³/mol. The third-order valence-electron chi connectivity index (χ3n) is 7.28. The number of imide groups is 2. The average molecular weight is 390 g/mol. The molecule has 1 aliphatic heterocycles. The summed E-state index contributed by atoms with van der Waals surface area (Å²) in [7, 11) is 0. The number of urea groups is 2. The summed E-state index contributed by atoms with van der Waals surface area (Å²) in [6, 6.07) is -0.942. The Balaban J connectivity index is 1.27. The molecular formula is C20H30N4O4. The van der Waals surface area contributed by atoms with E-state index < -0.39 is 23.5 Å². The molecule has 1 saturated heterocycles. The summed E-state index contributed by atoms with van der Waals surface area (Å²) >= 11 is 0. The molecule has 4 aliphatic carbocycles. The Bertz CT molecular complexity index is 686. The van der Waals surface area contributed by atoms with Crippen molar-refractivity contribution in [3.8, 4) is 0 Å². The second kappa shape index (κ2) is 6.74. The predicted octanol–water partition coefficient (Wildman–Crippen LogP) is 1.89. The smallest absolute Gasteiger partial charge is 0.325 e. The number of nitrogens with zero attached hydrogens (tertiary/aromatic N) is 1. The lowest BCUT2D eigenvalue weighted by Crippen LogP contribution is -2.61. The molecule has 0 aromatic heterocycles. The van der Waals surface area contributed by atoms with Crippen LogP contribution in [0.3, 0.4) is 0 Å². The molecule has 6 amide bonds. The van der Waals surface area contributed by atoms with Crippen LogP contribution in [0.25, 0.3) is 0 Å². The Morgan fingerprint density at radius 2 is 1.68 bits per heavy atom. The summed E-state index contributed by atoms with van der Waals surface area (Å²) in [5.74, 6) is 1.30. The molecule has 8 heteroatoms. The van der Waals surface area contributed by atoms with E-state index in [1.54, 1.807) is 6.92 Å². The zero-order valence-electron chi connectivity index (χ0n) is 16.7. The first-order valence-corrected chi connectivity index (χ1v) is 10.5. The van der Waals surface area contributed by atoms with Gasteiger partial charge in [-0.15, -0.1) is 0 Å². The normalized spacial score (nSPS) is 38.5. The fraction of sp³-hybridized carbons (Fsp3) is 0.800. The van der Waals surface area contributed by atoms with E-state index >= 15 is 0 Å². The van der Waals surface area contributed by atoms with Gasteiger partial charge in [-0.1, -0.05) is 6.92 Å². The van der Waals surface area contributed by atoms with Crippen molar-refractivity contribution in [2.45, 2.75) is 76.3 Å². The van der Waals surface area contributed by atoms with E-state index in [-0.39, 0.29) is 24.4 Å². The summed E-state index contributed by atoms with van der Waals surface area (Å²) in [4.78, 5) is 50.0. The molecule has 0 radical (unpaired) electrons. The Morgan fingerprint density at radius 1 is 1.11 bits per heavy atom. The van der Waals surface area contributed by atoms with Crippen molar-refractivity contribution in [2.75, 3.05) is 6.54 Å². The SMILES string of the molecule is CCC1(C)NC(=O)N(CCC(=O)NC(=O)NC23CC4CC(CC(C4)C2)C3)C1=O. The van der Waals surface area contributed by atoms with Gasteiger partial charge in [0.2, 0.25) is 5.91 Å². The standard InChI is InChI=1S/C20H30N4O4/c1-3-19(2)16(26)24(18(28)23-19)5-4-15(25)21-17(27)22-20-9-12-6-13(10-20)8-14(7-12)11-20/h12-14H,3-11H2,1-2H3,(H,23,28)(H2,21,22,25,27). The largest absolute Gasteiger partial charge is 0.332 e. The molecule has 28 heavy (non-hydrogen) atoms. The van der Waals surface area contributed by atoms with Crippen LogP contribution in [0.5, 0.6) is 0 Å². The van der Waals surface area contributed by atoms with Gasteiger partial charge in [-0.05, 0) is 69.6 Å². The van der Waals surface area contributed by atoms with Crippen molar-refractivity contribution in [3.63, 3.8) is 0 Å². The molecule has 0 spiro atoms. The monoisotopic (exact) mass is 390 g/mol. The first kappa shape index (κ1) is 19.2. The zero-order valence-corrected chi connectivity index (χ0v) is 16.7. The second-order valence-electron chi connectivity index (χ2n) is 9.52. The van der Waals surface area contributed by atoms with Gasteiger partial charge in [-0.3, -0.25) is 19.8 Å². The van der Waals surface area contributed by atoms with Crippen LogP contribution >= 0.6 is 0 Å². The Hall–Kier alpha value is -2.12. The van der Waals surface area contributed by atoms with Crippen molar-refractivity contribution in [1.82, 2.24) is 20.9 Å². The van der Waals surface area contributed by atoms with E-state index in [2.05, 4.69) is 16.0 Å². The first-order valence-electron chi connectivity index (χ1n) is 10.5. The second-order valence-corrected chi connectivity index (χ2v) is 9.52. The fourth-order valence-corrected chi connectivity index (χ4v) is 6.13. The van der Waals surface area contributed by atoms with Crippen molar-refractivity contribution in [3.05, 3.63) is 0 Å². The summed E-state index contributed by atoms with van der Waals surface area (Å²) < 4.78 is 0. The van der Waals surface area contributed by atoms with Gasteiger partial charge in [0.1, 0.15) is 5.54 Å². The van der Waals surface area contributed by atoms with E-state index in [1.807, 2.05) is 6.92 Å². The molecule has 1 heterocycles. The van der Waals surface area contributed by atoms with Gasteiger partial charge in [0.25, 0.3) is 5.91 Å². The maximum atomic E-state index is 12.4. The maximum Gasteiger partial charge on any atom is 0.325 e. The molecule has 5 aliphatic rings. The van der Waals surface area contributed by atoms with Gasteiger partial charge in [-0.2, -0.15) is 0 Å². The van der Waals surface area contributed by atoms with E-state index in [9.17, 15) is 19.2 Å². The Kier molecular flexibility index (Phi) is 4.62. The summed E-state index contributed by atoms with van der Waals surface area (Å²) in [6.45, 7) is 3.46. The summed E-state index contributed by atoms with van der Waals surface area (Å²) in [6.07, 6.45) is 7.27. The lowest BCUT2D eigenvalue weighted by atomic mass is 9.53. The van der Waals surface area contributed by atoms with Gasteiger partial charge in [0.05, 0.1) is 0 Å². The Morgan fingerprint density at radius 3 is 2.18 bits per heavy atom. The van der Waals surface area contributed by atoms with E-state index in [0.717, 1.165) is 24.2 Å². The Labute approximate surface area is 165 Å². The van der Waals surface area contributed by atoms with Crippen molar-refractivity contribution in [1.29, 1.82) is 0 Å². The highest BCUT2D eigenvalue weighted by Gasteiger charge is 2.51. The minimum Gasteiger partial charge on any atom is -0.332 e. The van der Waals surface area contributed by atoms with Crippen LogP contribution in [0.15, 0.2) is 0 Å². The van der Waals surface area contributed by atoms with Crippen LogP contribution in [-0.4, -0.2) is 46.4 Å². The van der Waals surface area contributed by atoms with Gasteiger partial charge in [0, 0.05) is 18.5 Å². The van der Waals surface area contributed by atoms with Crippen LogP contribution in [0.4, 0.5) is 9.59 Å². The number of hydrogen-bond donors (Lipinski definition) is 3. The summed E-state index contributed by atoms with van der Waals surface area (Å²) in [5, 5.41) is 8.13. The molecule has 4 saturated carbocycles. The molecule has 1 atom stereocenters. The van der Waals surface area contributed by atoms with Crippen LogP contribution in [-0.2, 0) is 9.59 Å². The number of hydrogen-bond acceptors (Lipinski definition) is 4. The van der Waals surface area contributed by atoms with Crippen LogP contribution in [0.2, 0.25) is 0 Å². The van der Waals surface area contributed by atoms with Gasteiger partial charge in [-0.25, -0.2) is 9.59 Å². The average Bonchev–Trinajstić information content (AvgIpc) is 2.80. The third kappa shape index (κ3) is 3.37.